The van der Waals surface area contributed by atoms with Crippen molar-refractivity contribution < 1.29 is 28.5 Å². The Morgan fingerprint density at radius 3 is 2.29 bits per heavy atom. The predicted molar refractivity (Wildman–Crippen MR) is 162 cm³/mol. The van der Waals surface area contributed by atoms with Crippen molar-refractivity contribution in [2.24, 2.45) is 5.10 Å². The number of hydrogen-bond acceptors (Lipinski definition) is 7. The van der Waals surface area contributed by atoms with Crippen LogP contribution < -0.4 is 29.7 Å². The number of hydrogen-bond donors (Lipinski definition) is 2. The van der Waals surface area contributed by atoms with Crippen LogP contribution in [0.5, 0.6) is 23.0 Å². The molecule has 0 aromatic heterocycles. The Labute approximate surface area is 245 Å². The number of benzene rings is 4. The van der Waals surface area contributed by atoms with E-state index in [0.29, 0.717) is 53.0 Å². The van der Waals surface area contributed by atoms with Crippen molar-refractivity contribution >= 4 is 23.7 Å². The number of amides is 2. The second kappa shape index (κ2) is 14.9. The van der Waals surface area contributed by atoms with Gasteiger partial charge in [-0.15, -0.1) is 0 Å². The van der Waals surface area contributed by atoms with E-state index in [-0.39, 0.29) is 12.5 Å². The third-order valence-electron chi connectivity index (χ3n) is 6.00. The summed E-state index contributed by atoms with van der Waals surface area (Å²) >= 11 is 0. The number of hydrazone groups is 1. The third-order valence-corrected chi connectivity index (χ3v) is 6.00. The van der Waals surface area contributed by atoms with Gasteiger partial charge < -0.3 is 24.3 Å². The molecular formula is C33H33N3O6. The largest absolute Gasteiger partial charge is 0.493 e. The molecule has 2 amide bonds. The van der Waals surface area contributed by atoms with Gasteiger partial charge in [-0.3, -0.25) is 9.59 Å². The minimum Gasteiger partial charge on any atom is -0.493 e. The predicted octanol–water partition coefficient (Wildman–Crippen LogP) is 5.76. The molecule has 42 heavy (non-hydrogen) atoms. The lowest BCUT2D eigenvalue weighted by atomic mass is 10.2. The molecule has 0 fully saturated rings. The Morgan fingerprint density at radius 1 is 0.810 bits per heavy atom. The van der Waals surface area contributed by atoms with E-state index >= 15 is 0 Å². The molecule has 0 saturated heterocycles. The van der Waals surface area contributed by atoms with Gasteiger partial charge in [0.05, 0.1) is 19.9 Å². The van der Waals surface area contributed by atoms with E-state index in [1.54, 1.807) is 36.4 Å². The molecule has 2 N–H and O–H groups in total. The third kappa shape index (κ3) is 8.59. The molecule has 0 aliphatic rings. The summed E-state index contributed by atoms with van der Waals surface area (Å²) in [6, 6.07) is 27.4. The maximum atomic E-state index is 12.8. The number of carbonyl (C=O) groups is 2. The Bertz CT molecular complexity index is 1520. The van der Waals surface area contributed by atoms with Crippen LogP contribution in [-0.4, -0.2) is 38.4 Å². The number of carbonyl (C=O) groups excluding carboxylic acids is 2. The van der Waals surface area contributed by atoms with Gasteiger partial charge in [-0.25, -0.2) is 5.43 Å². The second-order valence-corrected chi connectivity index (χ2v) is 9.18. The average molecular weight is 568 g/mol. The monoisotopic (exact) mass is 567 g/mol. The van der Waals surface area contributed by atoms with Crippen LogP contribution in [-0.2, 0) is 11.4 Å². The smallest absolute Gasteiger partial charge is 0.271 e. The Kier molecular flexibility index (Phi) is 10.5. The molecule has 0 saturated carbocycles. The van der Waals surface area contributed by atoms with E-state index in [9.17, 15) is 9.59 Å². The zero-order chi connectivity index (χ0) is 29.7. The molecule has 0 unspecified atom stereocenters. The highest BCUT2D eigenvalue weighted by atomic mass is 16.5. The van der Waals surface area contributed by atoms with Crippen LogP contribution in [0, 0.1) is 6.92 Å². The lowest BCUT2D eigenvalue weighted by Crippen LogP contribution is -2.20. The van der Waals surface area contributed by atoms with E-state index in [0.717, 1.165) is 11.1 Å². The van der Waals surface area contributed by atoms with Crippen LogP contribution in [0.1, 0.15) is 34.0 Å². The minimum absolute atomic E-state index is 0.187. The van der Waals surface area contributed by atoms with Crippen molar-refractivity contribution in [1.82, 2.24) is 5.43 Å². The number of ether oxygens (including phenoxy) is 4. The Balaban J connectivity index is 1.33. The maximum absolute atomic E-state index is 12.8. The Hall–Kier alpha value is -5.31. The highest BCUT2D eigenvalue weighted by Gasteiger charge is 2.12. The number of nitrogens with zero attached hydrogens (tertiary/aromatic N) is 1. The van der Waals surface area contributed by atoms with Gasteiger partial charge in [-0.2, -0.15) is 5.10 Å². The number of anilines is 1. The lowest BCUT2D eigenvalue weighted by Gasteiger charge is -2.13. The summed E-state index contributed by atoms with van der Waals surface area (Å²) in [5.74, 6) is 1.13. The second-order valence-electron chi connectivity index (χ2n) is 9.18. The Morgan fingerprint density at radius 2 is 1.55 bits per heavy atom. The van der Waals surface area contributed by atoms with Gasteiger partial charge in [-0.05, 0) is 73.5 Å². The minimum atomic E-state index is -0.409. The van der Waals surface area contributed by atoms with Crippen LogP contribution in [0.25, 0.3) is 0 Å². The van der Waals surface area contributed by atoms with Gasteiger partial charge in [0.1, 0.15) is 6.61 Å². The van der Waals surface area contributed by atoms with Gasteiger partial charge in [0, 0.05) is 11.3 Å². The number of nitrogens with one attached hydrogen (secondary N) is 2. The summed E-state index contributed by atoms with van der Waals surface area (Å²) < 4.78 is 22.7. The molecule has 216 valence electrons. The summed E-state index contributed by atoms with van der Waals surface area (Å²) in [7, 11) is 1.50. The zero-order valence-corrected chi connectivity index (χ0v) is 23.8. The molecule has 0 spiro atoms. The summed E-state index contributed by atoms with van der Waals surface area (Å²) in [6.45, 7) is 4.45. The molecule has 4 rings (SSSR count). The maximum Gasteiger partial charge on any atom is 0.271 e. The molecule has 0 aliphatic heterocycles. The van der Waals surface area contributed by atoms with E-state index < -0.39 is 5.91 Å². The molecule has 4 aromatic rings. The van der Waals surface area contributed by atoms with E-state index in [1.165, 1.54) is 13.3 Å². The highest BCUT2D eigenvalue weighted by molar-refractivity contribution is 5.95. The van der Waals surface area contributed by atoms with Crippen LogP contribution in [0.2, 0.25) is 0 Å². The van der Waals surface area contributed by atoms with Gasteiger partial charge in [0.15, 0.2) is 29.6 Å². The van der Waals surface area contributed by atoms with Crippen molar-refractivity contribution in [3.63, 3.8) is 0 Å². The van der Waals surface area contributed by atoms with Crippen LogP contribution in [0.4, 0.5) is 5.69 Å². The first-order valence-corrected chi connectivity index (χ1v) is 13.4. The lowest BCUT2D eigenvalue weighted by molar-refractivity contribution is -0.118. The van der Waals surface area contributed by atoms with Crippen molar-refractivity contribution in [1.29, 1.82) is 0 Å². The van der Waals surface area contributed by atoms with E-state index in [2.05, 4.69) is 15.8 Å². The first-order valence-electron chi connectivity index (χ1n) is 13.4. The molecule has 0 bridgehead atoms. The average Bonchev–Trinajstić information content (AvgIpc) is 3.01. The van der Waals surface area contributed by atoms with Gasteiger partial charge in [-0.1, -0.05) is 48.0 Å². The van der Waals surface area contributed by atoms with E-state index in [1.807, 2.05) is 68.4 Å². The zero-order valence-electron chi connectivity index (χ0n) is 23.8. The standard InChI is InChI=1S/C33H33N3O6/c1-4-40-31-19-26(13-17-29(31)41-21-24-8-6-5-7-9-24)33(38)36-34-20-25-12-16-28(30(18-25)39-3)42-22-32(37)35-27-14-10-23(2)11-15-27/h5-20H,4,21-22H2,1-3H3,(H,35,37)(H,36,38)/b34-20+. The first-order chi connectivity index (χ1) is 20.4. The normalized spacial score (nSPS) is 10.6. The molecule has 0 radical (unpaired) electrons. The van der Waals surface area contributed by atoms with Gasteiger partial charge in [0.2, 0.25) is 0 Å². The molecule has 0 heterocycles. The number of rotatable bonds is 13. The molecule has 9 nitrogen and oxygen atoms in total. The fourth-order valence-corrected chi connectivity index (χ4v) is 3.86. The number of aryl methyl sites for hydroxylation is 1. The van der Waals surface area contributed by atoms with Crippen molar-refractivity contribution in [3.05, 3.63) is 113 Å². The summed E-state index contributed by atoms with van der Waals surface area (Å²) in [4.78, 5) is 25.0. The SMILES string of the molecule is CCOc1cc(C(=O)N/N=C/c2ccc(OCC(=O)Nc3ccc(C)cc3)c(OC)c2)ccc1OCc1ccccc1. The first kappa shape index (κ1) is 29.7. The van der Waals surface area contributed by atoms with E-state index in [4.69, 9.17) is 18.9 Å². The molecule has 0 aliphatic carbocycles. The summed E-state index contributed by atoms with van der Waals surface area (Å²) in [5.41, 5.74) is 6.36. The van der Waals surface area contributed by atoms with Crippen LogP contribution in [0.15, 0.2) is 96.1 Å². The van der Waals surface area contributed by atoms with Crippen molar-refractivity contribution in [3.8, 4) is 23.0 Å². The summed E-state index contributed by atoms with van der Waals surface area (Å²) in [6.07, 6.45) is 1.48. The topological polar surface area (TPSA) is 107 Å². The van der Waals surface area contributed by atoms with Gasteiger partial charge in [0.25, 0.3) is 11.8 Å². The van der Waals surface area contributed by atoms with Crippen LogP contribution >= 0.6 is 0 Å². The van der Waals surface area contributed by atoms with Gasteiger partial charge >= 0.3 is 0 Å². The van der Waals surface area contributed by atoms with Crippen molar-refractivity contribution in [2.45, 2.75) is 20.5 Å². The van der Waals surface area contributed by atoms with Crippen LogP contribution in [0.3, 0.4) is 0 Å². The molecule has 9 heteroatoms. The number of methoxy groups -OCH3 is 1. The van der Waals surface area contributed by atoms with Crippen molar-refractivity contribution in [2.75, 3.05) is 25.6 Å². The molecule has 4 aromatic carbocycles. The molecule has 0 atom stereocenters. The highest BCUT2D eigenvalue weighted by Crippen LogP contribution is 2.30. The fourth-order valence-electron chi connectivity index (χ4n) is 3.86. The quantitative estimate of drug-likeness (QED) is 0.157. The fraction of sp³-hybridized carbons (Fsp3) is 0.182. The summed E-state index contributed by atoms with van der Waals surface area (Å²) in [5, 5.41) is 6.85. The molecular weight excluding hydrogens is 534 g/mol.